The highest BCUT2D eigenvalue weighted by molar-refractivity contribution is 7.93. The lowest BCUT2D eigenvalue weighted by Crippen LogP contribution is -2.55. The second kappa shape index (κ2) is 5.92. The number of fused-ring (bicyclic) bond motifs is 1. The second-order valence-corrected chi connectivity index (χ2v) is 6.59. The largest absolute Gasteiger partial charge is 0.365 e. The maximum absolute atomic E-state index is 12.5. The molecule has 2 rings (SSSR count). The van der Waals surface area contributed by atoms with Gasteiger partial charge < -0.3 is 0 Å². The van der Waals surface area contributed by atoms with Crippen molar-refractivity contribution in [3.63, 3.8) is 0 Å². The number of imide groups is 1. The van der Waals surface area contributed by atoms with Crippen molar-refractivity contribution in [2.75, 3.05) is 13.1 Å². The molecule has 1 aliphatic heterocycles. The van der Waals surface area contributed by atoms with Crippen LogP contribution in [0, 0.1) is 5.92 Å². The summed E-state index contributed by atoms with van der Waals surface area (Å²) < 4.78 is 23.0. The monoisotopic (exact) mass is 346 g/mol. The number of halogens is 1. The zero-order valence-corrected chi connectivity index (χ0v) is 13.6. The van der Waals surface area contributed by atoms with Gasteiger partial charge in [0.05, 0.1) is 15.6 Å². The summed E-state index contributed by atoms with van der Waals surface area (Å²) in [6.45, 7) is 4.42. The zero-order valence-electron chi connectivity index (χ0n) is 12.0. The number of rotatable bonds is 4. The van der Waals surface area contributed by atoms with Crippen LogP contribution >= 0.6 is 11.6 Å². The van der Waals surface area contributed by atoms with Crippen molar-refractivity contribution in [1.82, 2.24) is 10.0 Å². The summed E-state index contributed by atoms with van der Waals surface area (Å²) in [5, 5.41) is 7.33. The number of hydrazine groups is 1. The number of carbonyl (C=O) groups is 2. The number of allylic oxidation sites excluding steroid dienone is 2. The van der Waals surface area contributed by atoms with Gasteiger partial charge in [0.1, 0.15) is 5.92 Å². The van der Waals surface area contributed by atoms with E-state index in [1.807, 2.05) is 0 Å². The van der Waals surface area contributed by atoms with Crippen molar-refractivity contribution in [2.24, 2.45) is 16.0 Å². The lowest BCUT2D eigenvalue weighted by atomic mass is 9.95. The van der Waals surface area contributed by atoms with Gasteiger partial charge in [-0.05, 0) is 12.2 Å². The zero-order chi connectivity index (χ0) is 16.7. The molecule has 0 aromatic heterocycles. The highest BCUT2D eigenvalue weighted by atomic mass is 35.5. The first-order valence-electron chi connectivity index (χ1n) is 6.54. The smallest absolute Gasteiger partial charge is 0.272 e. The predicted molar refractivity (Wildman–Crippen MR) is 81.2 cm³/mol. The van der Waals surface area contributed by atoms with E-state index in [4.69, 9.17) is 16.7 Å². The van der Waals surface area contributed by atoms with Crippen LogP contribution in [0.3, 0.4) is 0 Å². The Morgan fingerprint density at radius 1 is 1.36 bits per heavy atom. The Balaban J connectivity index is 2.52. The quantitative estimate of drug-likeness (QED) is 0.799. The third-order valence-corrected chi connectivity index (χ3v) is 4.74. The molecule has 1 aliphatic carbocycles. The minimum Gasteiger partial charge on any atom is -0.272 e. The SMILES string of the molecule is CCN(CC)N1C(=O)N=C2C=C(Cl)C(S(N)(=O)=O)=CC2C1=O. The van der Waals surface area contributed by atoms with Gasteiger partial charge >= 0.3 is 6.03 Å². The van der Waals surface area contributed by atoms with Crippen LogP contribution in [0.15, 0.2) is 27.1 Å². The van der Waals surface area contributed by atoms with Gasteiger partial charge in [-0.15, -0.1) is 0 Å². The molecule has 1 heterocycles. The second-order valence-electron chi connectivity index (χ2n) is 4.65. The first-order valence-corrected chi connectivity index (χ1v) is 8.46. The molecule has 8 nitrogen and oxygen atoms in total. The maximum Gasteiger partial charge on any atom is 0.365 e. The molecule has 0 spiro atoms. The fraction of sp³-hybridized carbons (Fsp3) is 0.417. The minimum absolute atomic E-state index is 0.107. The molecule has 0 bridgehead atoms. The Morgan fingerprint density at radius 2 is 1.95 bits per heavy atom. The predicted octanol–water partition coefficient (Wildman–Crippen LogP) is 0.571. The van der Waals surface area contributed by atoms with E-state index in [9.17, 15) is 18.0 Å². The van der Waals surface area contributed by atoms with Crippen LogP contribution in [0.25, 0.3) is 0 Å². The first-order chi connectivity index (χ1) is 10.2. The van der Waals surface area contributed by atoms with E-state index >= 15 is 0 Å². The van der Waals surface area contributed by atoms with Crippen molar-refractivity contribution < 1.29 is 18.0 Å². The van der Waals surface area contributed by atoms with Gasteiger partial charge in [-0.1, -0.05) is 25.4 Å². The topological polar surface area (TPSA) is 113 Å². The number of nitrogens with zero attached hydrogens (tertiary/aromatic N) is 3. The molecule has 120 valence electrons. The number of hydrogen-bond acceptors (Lipinski definition) is 5. The summed E-state index contributed by atoms with van der Waals surface area (Å²) in [6.07, 6.45) is 2.31. The van der Waals surface area contributed by atoms with E-state index in [-0.39, 0.29) is 15.6 Å². The van der Waals surface area contributed by atoms with Gasteiger partial charge in [0.15, 0.2) is 0 Å². The Labute approximate surface area is 132 Å². The summed E-state index contributed by atoms with van der Waals surface area (Å²) in [5.41, 5.74) is 0.107. The molecule has 0 aromatic rings. The van der Waals surface area contributed by atoms with Crippen LogP contribution in [0.2, 0.25) is 0 Å². The Morgan fingerprint density at radius 3 is 2.45 bits per heavy atom. The van der Waals surface area contributed by atoms with Crippen LogP contribution in [-0.2, 0) is 14.8 Å². The number of sulfonamides is 1. The molecule has 0 aromatic carbocycles. The number of urea groups is 1. The summed E-state index contributed by atoms with van der Waals surface area (Å²) in [7, 11) is -4.07. The van der Waals surface area contributed by atoms with Gasteiger partial charge in [-0.25, -0.2) is 23.4 Å². The van der Waals surface area contributed by atoms with E-state index in [1.54, 1.807) is 13.8 Å². The Bertz CT molecular complexity index is 721. The summed E-state index contributed by atoms with van der Waals surface area (Å²) in [6, 6.07) is -0.729. The average Bonchev–Trinajstić information content (AvgIpc) is 2.41. The lowest BCUT2D eigenvalue weighted by Gasteiger charge is -2.35. The first kappa shape index (κ1) is 16.8. The highest BCUT2D eigenvalue weighted by Crippen LogP contribution is 2.30. The Hall–Kier alpha value is -1.55. The van der Waals surface area contributed by atoms with Crippen LogP contribution in [0.5, 0.6) is 0 Å². The number of carbonyl (C=O) groups excluding carboxylic acids is 2. The average molecular weight is 347 g/mol. The molecule has 2 N–H and O–H groups in total. The lowest BCUT2D eigenvalue weighted by molar-refractivity contribution is -0.142. The fourth-order valence-electron chi connectivity index (χ4n) is 2.29. The number of primary sulfonamides is 1. The number of nitrogens with two attached hydrogens (primary N) is 1. The molecule has 3 amide bonds. The summed E-state index contributed by atoms with van der Waals surface area (Å²) >= 11 is 5.84. The molecule has 1 atom stereocenters. The van der Waals surface area contributed by atoms with E-state index in [0.717, 1.165) is 11.1 Å². The molecule has 0 saturated heterocycles. The van der Waals surface area contributed by atoms with Crippen LogP contribution < -0.4 is 5.14 Å². The van der Waals surface area contributed by atoms with Gasteiger partial charge in [0.2, 0.25) is 10.0 Å². The van der Waals surface area contributed by atoms with Crippen molar-refractivity contribution in [1.29, 1.82) is 0 Å². The number of aliphatic imine (C=N–C) groups is 1. The van der Waals surface area contributed by atoms with Crippen molar-refractivity contribution in [2.45, 2.75) is 13.8 Å². The van der Waals surface area contributed by atoms with Gasteiger partial charge in [0.25, 0.3) is 5.91 Å². The molecule has 10 heteroatoms. The fourth-order valence-corrected chi connectivity index (χ4v) is 3.44. The van der Waals surface area contributed by atoms with Crippen LogP contribution in [0.1, 0.15) is 13.8 Å². The molecule has 1 unspecified atom stereocenters. The van der Waals surface area contributed by atoms with Crippen molar-refractivity contribution >= 4 is 39.3 Å². The molecule has 2 aliphatic rings. The third kappa shape index (κ3) is 2.84. The van der Waals surface area contributed by atoms with Gasteiger partial charge in [-0.2, -0.15) is 10.0 Å². The molecular formula is C12H15ClN4O4S. The molecule has 0 saturated carbocycles. The minimum atomic E-state index is -4.07. The maximum atomic E-state index is 12.5. The highest BCUT2D eigenvalue weighted by Gasteiger charge is 2.41. The third-order valence-electron chi connectivity index (χ3n) is 3.35. The van der Waals surface area contributed by atoms with E-state index < -0.39 is 27.9 Å². The number of hydrogen-bond donors (Lipinski definition) is 1. The molecule has 0 fully saturated rings. The van der Waals surface area contributed by atoms with E-state index in [1.165, 1.54) is 11.1 Å². The normalized spacial score (nSPS) is 22.3. The molecule has 22 heavy (non-hydrogen) atoms. The van der Waals surface area contributed by atoms with E-state index in [0.29, 0.717) is 13.1 Å². The van der Waals surface area contributed by atoms with Gasteiger partial charge in [-0.3, -0.25) is 4.79 Å². The summed E-state index contributed by atoms with van der Waals surface area (Å²) in [4.78, 5) is 28.1. The summed E-state index contributed by atoms with van der Waals surface area (Å²) in [5.74, 6) is -1.59. The van der Waals surface area contributed by atoms with Gasteiger partial charge in [0, 0.05) is 13.1 Å². The molecular weight excluding hydrogens is 332 g/mol. The van der Waals surface area contributed by atoms with Crippen LogP contribution in [0.4, 0.5) is 4.79 Å². The van der Waals surface area contributed by atoms with Crippen molar-refractivity contribution in [3.05, 3.63) is 22.1 Å². The number of amides is 3. The Kier molecular flexibility index (Phi) is 4.52. The van der Waals surface area contributed by atoms with Crippen molar-refractivity contribution in [3.8, 4) is 0 Å². The van der Waals surface area contributed by atoms with E-state index in [2.05, 4.69) is 4.99 Å². The molecule has 0 radical (unpaired) electrons. The standard InChI is InChI=1S/C12H15ClN4O4S/c1-3-16(4-2)17-11(18)7-5-10(22(14,20)21)8(13)6-9(7)15-12(17)19/h5-7H,3-4H2,1-2H3,(H2,14,20,21). The van der Waals surface area contributed by atoms with Crippen LogP contribution in [-0.4, -0.2) is 49.2 Å².